The Hall–Kier alpha value is -3.04. The second-order valence-corrected chi connectivity index (χ2v) is 21.8. The number of hydrogen-bond donors (Lipinski definition) is 2. The van der Waals surface area contributed by atoms with Gasteiger partial charge in [-0.3, -0.25) is 0 Å². The van der Waals surface area contributed by atoms with E-state index in [9.17, 15) is 19.2 Å². The van der Waals surface area contributed by atoms with E-state index in [4.69, 9.17) is 18.9 Å². The van der Waals surface area contributed by atoms with Crippen molar-refractivity contribution in [1.29, 1.82) is 0 Å². The van der Waals surface area contributed by atoms with E-state index in [1.165, 1.54) is 0 Å². The standard InChI is InChI=1S/C43H66N2O8/c1-28(2)31(46)50-40-17-36(8)15-37(9,18-40)22-42(21-36,25-40)52-33(48)44-13-12-30(5)14-35(6,7)27-45-34(49)53-43-23-38(10)16-39(11,24-43)20-41(19-38,26-43)51-32(47)29(3)4/h30H,1,3,12-27H2,2,4-11H3,(H,44,48)(H,45,49). The molecule has 0 spiro atoms. The third kappa shape index (κ3) is 8.31. The van der Waals surface area contributed by atoms with Crippen molar-refractivity contribution in [2.24, 2.45) is 33.0 Å². The Bertz CT molecular complexity index is 1540. The monoisotopic (exact) mass is 738 g/mol. The maximum Gasteiger partial charge on any atom is 0.407 e. The molecule has 5 unspecified atom stereocenters. The van der Waals surface area contributed by atoms with Crippen LogP contribution in [0.3, 0.4) is 0 Å². The van der Waals surface area contributed by atoms with Crippen molar-refractivity contribution in [3.8, 4) is 0 Å². The van der Waals surface area contributed by atoms with Crippen molar-refractivity contribution in [3.63, 3.8) is 0 Å². The predicted molar refractivity (Wildman–Crippen MR) is 202 cm³/mol. The van der Waals surface area contributed by atoms with E-state index in [-0.39, 0.29) is 44.9 Å². The molecule has 8 rings (SSSR count). The van der Waals surface area contributed by atoms with Crippen molar-refractivity contribution >= 4 is 24.1 Å². The Morgan fingerprint density at radius 1 is 0.585 bits per heavy atom. The number of ether oxygens (including phenoxy) is 4. The maximum absolute atomic E-state index is 13.4. The average molecular weight is 739 g/mol. The molecular formula is C43H66N2O8. The molecule has 0 aromatic rings. The van der Waals surface area contributed by atoms with Gasteiger partial charge in [-0.25, -0.2) is 19.2 Å². The molecule has 0 saturated heterocycles. The molecule has 0 aromatic carbocycles. The summed E-state index contributed by atoms with van der Waals surface area (Å²) in [6.07, 6.45) is 10.1. The highest BCUT2D eigenvalue weighted by molar-refractivity contribution is 5.87. The lowest BCUT2D eigenvalue weighted by Crippen LogP contribution is -2.68. The molecule has 8 fully saturated rings. The van der Waals surface area contributed by atoms with Crippen molar-refractivity contribution in [2.45, 2.75) is 175 Å². The van der Waals surface area contributed by atoms with Crippen LogP contribution in [0.25, 0.3) is 0 Å². The van der Waals surface area contributed by atoms with Crippen LogP contribution in [0.15, 0.2) is 24.3 Å². The molecule has 8 aliphatic carbocycles. The summed E-state index contributed by atoms with van der Waals surface area (Å²) in [6.45, 7) is 27.2. The van der Waals surface area contributed by atoms with Gasteiger partial charge in [-0.05, 0) is 124 Å². The number of nitrogens with one attached hydrogen (secondary N) is 2. The molecule has 8 saturated carbocycles. The van der Waals surface area contributed by atoms with Gasteiger partial charge in [0.25, 0.3) is 0 Å². The topological polar surface area (TPSA) is 129 Å². The van der Waals surface area contributed by atoms with Crippen molar-refractivity contribution in [3.05, 3.63) is 24.3 Å². The fourth-order valence-electron chi connectivity index (χ4n) is 14.3. The summed E-state index contributed by atoms with van der Waals surface area (Å²) >= 11 is 0. The zero-order valence-electron chi connectivity index (χ0n) is 34.1. The predicted octanol–water partition coefficient (Wildman–Crippen LogP) is 8.86. The number of carbonyl (C=O) groups excluding carboxylic acids is 4. The molecule has 8 bridgehead atoms. The third-order valence-electron chi connectivity index (χ3n) is 13.4. The quantitative estimate of drug-likeness (QED) is 0.109. The number of alkyl carbamates (subject to hydrolysis) is 2. The Kier molecular flexibility index (Phi) is 9.54. The minimum absolute atomic E-state index is 0.0626. The molecule has 0 aliphatic heterocycles. The molecule has 10 nitrogen and oxygen atoms in total. The molecule has 53 heavy (non-hydrogen) atoms. The van der Waals surface area contributed by atoms with Crippen LogP contribution in [0.2, 0.25) is 0 Å². The molecule has 2 N–H and O–H groups in total. The number of amides is 2. The minimum atomic E-state index is -0.670. The van der Waals surface area contributed by atoms with Crippen LogP contribution >= 0.6 is 0 Å². The second kappa shape index (κ2) is 12.8. The zero-order chi connectivity index (χ0) is 39.1. The van der Waals surface area contributed by atoms with Crippen LogP contribution in [0, 0.1) is 33.0 Å². The first-order valence-electron chi connectivity index (χ1n) is 19.9. The van der Waals surface area contributed by atoms with Gasteiger partial charge in [0.15, 0.2) is 0 Å². The number of esters is 2. The lowest BCUT2D eigenvalue weighted by Gasteiger charge is -2.67. The molecular weight excluding hydrogens is 672 g/mol. The smallest absolute Gasteiger partial charge is 0.407 e. The fraction of sp³-hybridized carbons (Fsp3) is 0.814. The number of hydrogen-bond acceptors (Lipinski definition) is 8. The van der Waals surface area contributed by atoms with Gasteiger partial charge in [0.05, 0.1) is 0 Å². The summed E-state index contributed by atoms with van der Waals surface area (Å²) in [7, 11) is 0. The molecule has 8 aliphatic rings. The van der Waals surface area contributed by atoms with Gasteiger partial charge in [-0.15, -0.1) is 0 Å². The van der Waals surface area contributed by atoms with Gasteiger partial charge in [0, 0.05) is 37.1 Å². The van der Waals surface area contributed by atoms with Crippen LogP contribution in [0.4, 0.5) is 9.59 Å². The first kappa shape index (κ1) is 39.6. The molecule has 296 valence electrons. The lowest BCUT2D eigenvalue weighted by atomic mass is 9.42. The van der Waals surface area contributed by atoms with Crippen molar-refractivity contribution in [1.82, 2.24) is 10.6 Å². The van der Waals surface area contributed by atoms with Gasteiger partial charge < -0.3 is 29.6 Å². The Labute approximate surface area is 317 Å². The SMILES string of the molecule is C=C(C)C(=O)OC12CC3(C)CC(C)(CC(OC(=O)NCCC(C)CC(C)(C)CNC(=O)OC45CC6(C)CC(C)(C4)CC(OC(=O)C(=C)C)(C6)C5)(C3)C1)C2. The molecule has 0 radical (unpaired) electrons. The Morgan fingerprint density at radius 3 is 1.28 bits per heavy atom. The van der Waals surface area contributed by atoms with E-state index < -0.39 is 34.6 Å². The van der Waals surface area contributed by atoms with Gasteiger partial charge in [-0.1, -0.05) is 61.6 Å². The normalized spacial score (nSPS) is 40.9. The van der Waals surface area contributed by atoms with Gasteiger partial charge in [0.1, 0.15) is 22.4 Å². The number of carbonyl (C=O) groups is 4. The third-order valence-corrected chi connectivity index (χ3v) is 13.4. The van der Waals surface area contributed by atoms with Crippen molar-refractivity contribution < 1.29 is 38.1 Å². The highest BCUT2D eigenvalue weighted by Crippen LogP contribution is 2.71. The van der Waals surface area contributed by atoms with Crippen molar-refractivity contribution in [2.75, 3.05) is 13.1 Å². The van der Waals surface area contributed by atoms with Gasteiger partial charge >= 0.3 is 24.1 Å². The minimum Gasteiger partial charge on any atom is -0.456 e. The summed E-state index contributed by atoms with van der Waals surface area (Å²) in [5.41, 5.74) is -2.31. The lowest BCUT2D eigenvalue weighted by molar-refractivity contribution is -0.259. The fourth-order valence-corrected chi connectivity index (χ4v) is 14.3. The molecule has 0 aromatic heterocycles. The van der Waals surface area contributed by atoms with E-state index in [0.717, 1.165) is 77.0 Å². The molecule has 5 atom stereocenters. The van der Waals surface area contributed by atoms with E-state index in [1.807, 2.05) is 0 Å². The average Bonchev–Trinajstić information content (AvgIpc) is 2.90. The molecule has 10 heteroatoms. The van der Waals surface area contributed by atoms with E-state index in [2.05, 4.69) is 72.3 Å². The largest absolute Gasteiger partial charge is 0.456 e. The molecule has 2 amide bonds. The van der Waals surface area contributed by atoms with E-state index in [0.29, 0.717) is 37.1 Å². The summed E-state index contributed by atoms with van der Waals surface area (Å²) in [6, 6.07) is 0. The highest BCUT2D eigenvalue weighted by atomic mass is 16.6. The maximum atomic E-state index is 13.4. The first-order chi connectivity index (χ1) is 24.2. The van der Waals surface area contributed by atoms with Crippen LogP contribution in [-0.4, -0.2) is 59.6 Å². The summed E-state index contributed by atoms with van der Waals surface area (Å²) in [5.74, 6) is -0.466. The first-order valence-corrected chi connectivity index (χ1v) is 19.9. The van der Waals surface area contributed by atoms with Crippen LogP contribution < -0.4 is 10.6 Å². The van der Waals surface area contributed by atoms with Gasteiger partial charge in [0.2, 0.25) is 0 Å². The van der Waals surface area contributed by atoms with Gasteiger partial charge in [-0.2, -0.15) is 0 Å². The van der Waals surface area contributed by atoms with E-state index >= 15 is 0 Å². The summed E-state index contributed by atoms with van der Waals surface area (Å²) in [5, 5.41) is 6.08. The second-order valence-electron chi connectivity index (χ2n) is 21.8. The molecule has 0 heterocycles. The van der Waals surface area contributed by atoms with Crippen LogP contribution in [0.1, 0.15) is 152 Å². The summed E-state index contributed by atoms with van der Waals surface area (Å²) < 4.78 is 24.9. The summed E-state index contributed by atoms with van der Waals surface area (Å²) in [4.78, 5) is 52.0. The van der Waals surface area contributed by atoms with E-state index in [1.54, 1.807) is 13.8 Å². The highest BCUT2D eigenvalue weighted by Gasteiger charge is 2.70. The van der Waals surface area contributed by atoms with Crippen LogP contribution in [0.5, 0.6) is 0 Å². The Balaban J connectivity index is 0.975. The van der Waals surface area contributed by atoms with Crippen LogP contribution in [-0.2, 0) is 28.5 Å². The zero-order valence-corrected chi connectivity index (χ0v) is 34.1. The Morgan fingerprint density at radius 2 is 0.925 bits per heavy atom. The number of rotatable bonds is 13.